The molecule has 2 aromatic rings. The topological polar surface area (TPSA) is 59.9 Å². The number of alkyl halides is 3. The molecular formula is C24H29F3N2O3. The molecule has 0 saturated carbocycles. The van der Waals surface area contributed by atoms with E-state index in [4.69, 9.17) is 9.47 Å². The fourth-order valence-corrected chi connectivity index (χ4v) is 3.10. The van der Waals surface area contributed by atoms with E-state index >= 15 is 0 Å². The van der Waals surface area contributed by atoms with Crippen LogP contribution < -0.4 is 14.9 Å². The number of methoxy groups -OCH3 is 1. The Balaban J connectivity index is 1.92. The largest absolute Gasteiger partial charge is 0.493 e. The third-order valence-electron chi connectivity index (χ3n) is 4.80. The Morgan fingerprint density at radius 3 is 2.47 bits per heavy atom. The van der Waals surface area contributed by atoms with Crippen molar-refractivity contribution in [2.45, 2.75) is 51.6 Å². The van der Waals surface area contributed by atoms with Gasteiger partial charge in [0.25, 0.3) is 5.91 Å². The number of carbonyl (C=O) groups excluding carboxylic acids is 1. The van der Waals surface area contributed by atoms with Gasteiger partial charge >= 0.3 is 6.18 Å². The van der Waals surface area contributed by atoms with E-state index in [1.807, 2.05) is 0 Å². The molecule has 0 fully saturated rings. The first-order valence-corrected chi connectivity index (χ1v) is 10.7. The van der Waals surface area contributed by atoms with Crippen molar-refractivity contribution in [2.24, 2.45) is 5.10 Å². The van der Waals surface area contributed by atoms with E-state index in [0.29, 0.717) is 23.7 Å². The maximum absolute atomic E-state index is 13.1. The van der Waals surface area contributed by atoms with Crippen molar-refractivity contribution < 1.29 is 27.4 Å². The molecule has 0 aliphatic rings. The predicted molar refractivity (Wildman–Crippen MR) is 118 cm³/mol. The lowest BCUT2D eigenvalue weighted by Crippen LogP contribution is -2.22. The summed E-state index contributed by atoms with van der Waals surface area (Å²) in [6.45, 7) is 2.77. The lowest BCUT2D eigenvalue weighted by molar-refractivity contribution is -0.137. The number of benzene rings is 2. The highest BCUT2D eigenvalue weighted by molar-refractivity contribution is 5.96. The van der Waals surface area contributed by atoms with Gasteiger partial charge in [0.1, 0.15) is 0 Å². The maximum atomic E-state index is 13.1. The molecule has 0 unspecified atom stereocenters. The molecule has 0 spiro atoms. The van der Waals surface area contributed by atoms with Crippen molar-refractivity contribution in [3.63, 3.8) is 0 Å². The number of nitrogens with zero attached hydrogens (tertiary/aromatic N) is 1. The van der Waals surface area contributed by atoms with Crippen LogP contribution >= 0.6 is 0 Å². The average Bonchev–Trinajstić information content (AvgIpc) is 2.78. The van der Waals surface area contributed by atoms with Gasteiger partial charge in [0.15, 0.2) is 11.5 Å². The van der Waals surface area contributed by atoms with Gasteiger partial charge in [-0.1, -0.05) is 51.2 Å². The van der Waals surface area contributed by atoms with Gasteiger partial charge in [-0.2, -0.15) is 18.3 Å². The van der Waals surface area contributed by atoms with Crippen LogP contribution in [0, 0.1) is 0 Å². The summed E-state index contributed by atoms with van der Waals surface area (Å²) in [5.41, 5.74) is 1.22. The minimum absolute atomic E-state index is 0.492. The third kappa shape index (κ3) is 7.90. The molecule has 1 amide bonds. The van der Waals surface area contributed by atoms with Gasteiger partial charge in [-0.15, -0.1) is 0 Å². The van der Waals surface area contributed by atoms with Gasteiger partial charge in [0.05, 0.1) is 31.1 Å². The number of hydrogen-bond donors (Lipinski definition) is 1. The molecule has 1 N–H and O–H groups in total. The Hall–Kier alpha value is -3.03. The van der Waals surface area contributed by atoms with Crippen molar-refractivity contribution in [2.75, 3.05) is 13.7 Å². The van der Waals surface area contributed by atoms with Gasteiger partial charge in [-0.25, -0.2) is 5.43 Å². The normalized spacial score (nSPS) is 11.5. The molecule has 0 heterocycles. The van der Waals surface area contributed by atoms with Crippen LogP contribution in [0.15, 0.2) is 47.6 Å². The second kappa shape index (κ2) is 12.7. The lowest BCUT2D eigenvalue weighted by atomic mass is 10.1. The minimum Gasteiger partial charge on any atom is -0.493 e. The van der Waals surface area contributed by atoms with Crippen molar-refractivity contribution >= 4 is 12.1 Å². The molecule has 0 bridgehead atoms. The van der Waals surface area contributed by atoms with Gasteiger partial charge in [0.2, 0.25) is 0 Å². The van der Waals surface area contributed by atoms with Crippen LogP contribution in [0.25, 0.3) is 0 Å². The zero-order valence-electron chi connectivity index (χ0n) is 18.4. The first kappa shape index (κ1) is 25.2. The molecule has 174 valence electrons. The first-order valence-electron chi connectivity index (χ1n) is 10.7. The molecule has 0 saturated heterocycles. The van der Waals surface area contributed by atoms with E-state index in [9.17, 15) is 18.0 Å². The quantitative estimate of drug-likeness (QED) is 0.237. The van der Waals surface area contributed by atoms with Crippen LogP contribution in [0.4, 0.5) is 13.2 Å². The van der Waals surface area contributed by atoms with Crippen LogP contribution in [-0.2, 0) is 6.18 Å². The summed E-state index contributed by atoms with van der Waals surface area (Å²) in [5, 5.41) is 3.77. The second-order valence-electron chi connectivity index (χ2n) is 7.27. The average molecular weight is 451 g/mol. The van der Waals surface area contributed by atoms with Crippen LogP contribution in [0.5, 0.6) is 11.5 Å². The molecule has 32 heavy (non-hydrogen) atoms. The number of carbonyl (C=O) groups is 1. The Kier molecular flexibility index (Phi) is 10.0. The summed E-state index contributed by atoms with van der Waals surface area (Å²) in [4.78, 5) is 12.1. The van der Waals surface area contributed by atoms with E-state index in [0.717, 1.165) is 25.0 Å². The summed E-state index contributed by atoms with van der Waals surface area (Å²) >= 11 is 0. The number of unbranched alkanes of at least 4 members (excludes halogenated alkanes) is 5. The van der Waals surface area contributed by atoms with Crippen LogP contribution in [-0.4, -0.2) is 25.8 Å². The number of rotatable bonds is 12. The van der Waals surface area contributed by atoms with Crippen LogP contribution in [0.3, 0.4) is 0 Å². The Bertz CT molecular complexity index is 898. The van der Waals surface area contributed by atoms with Crippen molar-refractivity contribution in [1.29, 1.82) is 0 Å². The van der Waals surface area contributed by atoms with Crippen LogP contribution in [0.1, 0.15) is 66.9 Å². The molecule has 0 aromatic heterocycles. The fourth-order valence-electron chi connectivity index (χ4n) is 3.10. The molecule has 8 heteroatoms. The second-order valence-corrected chi connectivity index (χ2v) is 7.27. The summed E-state index contributed by atoms with van der Waals surface area (Å²) in [6, 6.07) is 9.68. The minimum atomic E-state index is -4.63. The Labute approximate surface area is 186 Å². The maximum Gasteiger partial charge on any atom is 0.417 e. The monoisotopic (exact) mass is 450 g/mol. The molecule has 0 radical (unpaired) electrons. The standard InChI is InChI=1S/C24H29F3N2O3/c1-3-4-5-6-7-10-15-32-21-14-13-18(16-22(21)31-2)17-28-29-23(30)19-11-8-9-12-20(19)24(25,26)27/h8-9,11-14,16-17H,3-7,10,15H2,1-2H3,(H,29,30)/b28-17+. The van der Waals surface area contributed by atoms with Crippen molar-refractivity contribution in [3.8, 4) is 11.5 Å². The summed E-state index contributed by atoms with van der Waals surface area (Å²) < 4.78 is 50.3. The predicted octanol–water partition coefficient (Wildman–Crippen LogP) is 6.22. The Morgan fingerprint density at radius 2 is 1.75 bits per heavy atom. The number of halogens is 3. The van der Waals surface area contributed by atoms with Gasteiger partial charge < -0.3 is 9.47 Å². The van der Waals surface area contributed by atoms with Crippen molar-refractivity contribution in [1.82, 2.24) is 5.43 Å². The van der Waals surface area contributed by atoms with E-state index in [1.54, 1.807) is 18.2 Å². The summed E-state index contributed by atoms with van der Waals surface area (Å²) in [7, 11) is 1.52. The van der Waals surface area contributed by atoms with Gasteiger partial charge in [0, 0.05) is 0 Å². The first-order chi connectivity index (χ1) is 15.4. The van der Waals surface area contributed by atoms with Crippen LogP contribution in [0.2, 0.25) is 0 Å². The van der Waals surface area contributed by atoms with Gasteiger partial charge in [-0.05, 0) is 42.3 Å². The highest BCUT2D eigenvalue weighted by atomic mass is 19.4. The lowest BCUT2D eigenvalue weighted by Gasteiger charge is -2.11. The number of ether oxygens (including phenoxy) is 2. The molecule has 0 atom stereocenters. The molecule has 0 aliphatic carbocycles. The molecule has 0 aliphatic heterocycles. The molecule has 2 aromatic carbocycles. The number of hydrazone groups is 1. The number of amides is 1. The van der Waals surface area contributed by atoms with Crippen molar-refractivity contribution in [3.05, 3.63) is 59.2 Å². The van der Waals surface area contributed by atoms with E-state index in [-0.39, 0.29) is 0 Å². The highest BCUT2D eigenvalue weighted by Crippen LogP contribution is 2.32. The van der Waals surface area contributed by atoms with E-state index < -0.39 is 23.2 Å². The molecule has 5 nitrogen and oxygen atoms in total. The zero-order chi connectivity index (χ0) is 23.4. The number of nitrogens with one attached hydrogen (secondary N) is 1. The molecular weight excluding hydrogens is 421 g/mol. The van der Waals surface area contributed by atoms with E-state index in [2.05, 4.69) is 17.5 Å². The molecule has 2 rings (SSSR count). The van der Waals surface area contributed by atoms with Gasteiger partial charge in [-0.3, -0.25) is 4.79 Å². The number of hydrogen-bond acceptors (Lipinski definition) is 4. The third-order valence-corrected chi connectivity index (χ3v) is 4.80. The Morgan fingerprint density at radius 1 is 1.03 bits per heavy atom. The van der Waals surface area contributed by atoms with E-state index in [1.165, 1.54) is 51.1 Å². The summed E-state index contributed by atoms with van der Waals surface area (Å²) in [5.74, 6) is 0.162. The summed E-state index contributed by atoms with van der Waals surface area (Å²) in [6.07, 6.45) is 3.69. The highest BCUT2D eigenvalue weighted by Gasteiger charge is 2.34. The SMILES string of the molecule is CCCCCCCCOc1ccc(/C=N/NC(=O)c2ccccc2C(F)(F)F)cc1OC. The smallest absolute Gasteiger partial charge is 0.417 e. The fraction of sp³-hybridized carbons (Fsp3) is 0.417. The zero-order valence-corrected chi connectivity index (χ0v) is 18.4.